The Balaban J connectivity index is 3.25. The van der Waals surface area contributed by atoms with Crippen LogP contribution in [0.2, 0.25) is 0 Å². The van der Waals surface area contributed by atoms with Crippen LogP contribution in [0.3, 0.4) is 0 Å². The lowest BCUT2D eigenvalue weighted by molar-refractivity contribution is -0.396. The standard InChI is InChI=1S/C10H14ClN3O5/c1-10(2,19-6-11)7-4-12-9(14(16)17)13(7)5-8(15)18-3/h4H,5-6H2,1-3H3. The molecule has 0 aromatic carbocycles. The minimum atomic E-state index is -0.920. The number of nitrogens with zero attached hydrogens (tertiary/aromatic N) is 3. The van der Waals surface area contributed by atoms with Gasteiger partial charge in [0.15, 0.2) is 6.54 Å². The van der Waals surface area contributed by atoms with Gasteiger partial charge in [-0.1, -0.05) is 16.6 Å². The minimum absolute atomic E-state index is 0.0931. The van der Waals surface area contributed by atoms with E-state index in [-0.39, 0.29) is 12.6 Å². The number of esters is 1. The number of carbonyl (C=O) groups excluding carboxylic acids is 1. The van der Waals surface area contributed by atoms with Gasteiger partial charge in [0.25, 0.3) is 0 Å². The maximum Gasteiger partial charge on any atom is 0.435 e. The molecule has 0 atom stereocenters. The second-order valence-electron chi connectivity index (χ2n) is 4.13. The number of halogens is 1. The molecule has 0 bridgehead atoms. The molecule has 0 radical (unpaired) electrons. The molecule has 1 rings (SSSR count). The molecule has 0 aliphatic heterocycles. The summed E-state index contributed by atoms with van der Waals surface area (Å²) >= 11 is 5.51. The molecule has 1 aromatic rings. The Morgan fingerprint density at radius 2 is 2.26 bits per heavy atom. The van der Waals surface area contributed by atoms with Crippen molar-refractivity contribution in [1.29, 1.82) is 0 Å². The largest absolute Gasteiger partial charge is 0.467 e. The molecule has 1 heterocycles. The highest BCUT2D eigenvalue weighted by molar-refractivity contribution is 6.17. The fraction of sp³-hybridized carbons (Fsp3) is 0.600. The molecule has 0 saturated carbocycles. The fourth-order valence-electron chi connectivity index (χ4n) is 1.55. The lowest BCUT2D eigenvalue weighted by Crippen LogP contribution is -2.27. The molecule has 1 aromatic heterocycles. The predicted octanol–water partition coefficient (Wildman–Crippen LogP) is 1.41. The number of rotatable bonds is 6. The van der Waals surface area contributed by atoms with E-state index < -0.39 is 22.4 Å². The molecule has 0 fully saturated rings. The van der Waals surface area contributed by atoms with Crippen LogP contribution in [0.5, 0.6) is 0 Å². The van der Waals surface area contributed by atoms with Crippen LogP contribution in [0.15, 0.2) is 6.20 Å². The van der Waals surface area contributed by atoms with E-state index in [1.807, 2.05) is 0 Å². The Kier molecular flexibility index (Phi) is 4.84. The summed E-state index contributed by atoms with van der Waals surface area (Å²) in [7, 11) is 1.20. The summed E-state index contributed by atoms with van der Waals surface area (Å²) < 4.78 is 10.9. The average Bonchev–Trinajstić information content (AvgIpc) is 2.73. The summed E-state index contributed by atoms with van der Waals surface area (Å²) in [6, 6.07) is -0.0931. The number of aromatic nitrogens is 2. The summed E-state index contributed by atoms with van der Waals surface area (Å²) in [4.78, 5) is 25.2. The van der Waals surface area contributed by atoms with Crippen LogP contribution >= 0.6 is 11.6 Å². The number of nitro groups is 1. The van der Waals surface area contributed by atoms with Crippen molar-refractivity contribution >= 4 is 23.5 Å². The van der Waals surface area contributed by atoms with Crippen molar-refractivity contribution in [3.63, 3.8) is 0 Å². The van der Waals surface area contributed by atoms with Gasteiger partial charge in [-0.3, -0.25) is 0 Å². The zero-order valence-electron chi connectivity index (χ0n) is 10.8. The van der Waals surface area contributed by atoms with E-state index >= 15 is 0 Å². The van der Waals surface area contributed by atoms with Crippen molar-refractivity contribution in [3.05, 3.63) is 22.0 Å². The third-order valence-corrected chi connectivity index (χ3v) is 2.65. The van der Waals surface area contributed by atoms with Gasteiger partial charge in [0.05, 0.1) is 7.11 Å². The van der Waals surface area contributed by atoms with Gasteiger partial charge < -0.3 is 19.6 Å². The number of methoxy groups -OCH3 is 1. The SMILES string of the molecule is COC(=O)Cn1c(C(C)(C)OCCl)cnc1[N+](=O)[O-]. The number of hydrogen-bond acceptors (Lipinski definition) is 6. The zero-order chi connectivity index (χ0) is 14.6. The first-order valence-electron chi connectivity index (χ1n) is 5.30. The van der Waals surface area contributed by atoms with E-state index in [0.29, 0.717) is 5.69 Å². The van der Waals surface area contributed by atoms with E-state index in [2.05, 4.69) is 9.72 Å². The Morgan fingerprint density at radius 1 is 1.63 bits per heavy atom. The summed E-state index contributed by atoms with van der Waals surface area (Å²) in [6.45, 7) is 3.02. The number of imidazole rings is 1. The number of ether oxygens (including phenoxy) is 2. The van der Waals surface area contributed by atoms with E-state index in [0.717, 1.165) is 4.57 Å². The summed E-state index contributed by atoms with van der Waals surface area (Å²) in [6.07, 6.45) is 1.29. The van der Waals surface area contributed by atoms with Crippen LogP contribution in [-0.4, -0.2) is 33.6 Å². The molecule has 19 heavy (non-hydrogen) atoms. The minimum Gasteiger partial charge on any atom is -0.467 e. The van der Waals surface area contributed by atoms with Gasteiger partial charge in [0, 0.05) is 0 Å². The molecule has 0 spiro atoms. The van der Waals surface area contributed by atoms with Crippen molar-refractivity contribution in [1.82, 2.24) is 9.55 Å². The molecule has 106 valence electrons. The highest BCUT2D eigenvalue weighted by atomic mass is 35.5. The van der Waals surface area contributed by atoms with Gasteiger partial charge in [-0.15, -0.1) is 0 Å². The first kappa shape index (κ1) is 15.4. The maximum atomic E-state index is 11.3. The first-order chi connectivity index (χ1) is 8.83. The van der Waals surface area contributed by atoms with Crippen LogP contribution < -0.4 is 0 Å². The third-order valence-electron chi connectivity index (χ3n) is 2.54. The average molecular weight is 292 g/mol. The lowest BCUT2D eigenvalue weighted by atomic mass is 10.1. The normalized spacial score (nSPS) is 11.4. The monoisotopic (exact) mass is 291 g/mol. The van der Waals surface area contributed by atoms with Crippen molar-refractivity contribution in [2.75, 3.05) is 13.2 Å². The van der Waals surface area contributed by atoms with Crippen LogP contribution in [-0.2, 0) is 26.4 Å². The Bertz CT molecular complexity index is 486. The van der Waals surface area contributed by atoms with Crippen molar-refractivity contribution in [3.8, 4) is 0 Å². The Morgan fingerprint density at radius 3 is 2.74 bits per heavy atom. The molecular formula is C10H14ClN3O5. The quantitative estimate of drug-likeness (QED) is 0.340. The topological polar surface area (TPSA) is 96.5 Å². The first-order valence-corrected chi connectivity index (χ1v) is 5.84. The Hall–Kier alpha value is -1.67. The van der Waals surface area contributed by atoms with Crippen LogP contribution in [0.1, 0.15) is 19.5 Å². The second kappa shape index (κ2) is 5.98. The summed E-state index contributed by atoms with van der Waals surface area (Å²) in [5.74, 6) is -1.07. The highest BCUT2D eigenvalue weighted by Crippen LogP contribution is 2.28. The number of hydrogen-bond donors (Lipinski definition) is 0. The van der Waals surface area contributed by atoms with Gasteiger partial charge in [-0.25, -0.2) is 9.36 Å². The zero-order valence-corrected chi connectivity index (χ0v) is 11.5. The molecule has 0 unspecified atom stereocenters. The number of alkyl halides is 1. The number of carbonyl (C=O) groups is 1. The van der Waals surface area contributed by atoms with Crippen LogP contribution in [0, 0.1) is 10.1 Å². The van der Waals surface area contributed by atoms with Gasteiger partial charge >= 0.3 is 11.9 Å². The van der Waals surface area contributed by atoms with Crippen molar-refractivity contribution < 1.29 is 19.2 Å². The smallest absolute Gasteiger partial charge is 0.435 e. The second-order valence-corrected chi connectivity index (χ2v) is 4.34. The molecular weight excluding hydrogens is 278 g/mol. The molecule has 0 saturated heterocycles. The molecule has 0 aliphatic rings. The fourth-order valence-corrected chi connectivity index (χ4v) is 1.82. The van der Waals surface area contributed by atoms with Gasteiger partial charge in [-0.05, 0) is 18.8 Å². The molecule has 0 amide bonds. The Labute approximate surface area is 114 Å². The molecule has 0 N–H and O–H groups in total. The highest BCUT2D eigenvalue weighted by Gasteiger charge is 2.34. The van der Waals surface area contributed by atoms with E-state index in [1.54, 1.807) is 13.8 Å². The van der Waals surface area contributed by atoms with Crippen LogP contribution in [0.25, 0.3) is 0 Å². The van der Waals surface area contributed by atoms with Crippen LogP contribution in [0.4, 0.5) is 5.95 Å². The van der Waals surface area contributed by atoms with Gasteiger partial charge in [0.2, 0.25) is 0 Å². The van der Waals surface area contributed by atoms with E-state index in [1.165, 1.54) is 13.3 Å². The van der Waals surface area contributed by atoms with Crippen molar-refractivity contribution in [2.24, 2.45) is 0 Å². The third kappa shape index (κ3) is 3.42. The van der Waals surface area contributed by atoms with Crippen molar-refractivity contribution in [2.45, 2.75) is 26.0 Å². The molecule has 0 aliphatic carbocycles. The van der Waals surface area contributed by atoms with E-state index in [4.69, 9.17) is 16.3 Å². The summed E-state index contributed by atoms with van der Waals surface area (Å²) in [5, 5.41) is 10.9. The van der Waals surface area contributed by atoms with Gasteiger partial charge in [-0.2, -0.15) is 0 Å². The lowest BCUT2D eigenvalue weighted by Gasteiger charge is -2.22. The maximum absolute atomic E-state index is 11.3. The van der Waals surface area contributed by atoms with Gasteiger partial charge in [0.1, 0.15) is 23.6 Å². The molecule has 9 heteroatoms. The van der Waals surface area contributed by atoms with E-state index in [9.17, 15) is 14.9 Å². The molecule has 8 nitrogen and oxygen atoms in total. The predicted molar refractivity (Wildman–Crippen MR) is 65.7 cm³/mol. The summed E-state index contributed by atoms with van der Waals surface area (Å²) in [5.41, 5.74) is -0.554.